The van der Waals surface area contributed by atoms with Crippen molar-refractivity contribution in [3.05, 3.63) is 24.3 Å². The van der Waals surface area contributed by atoms with Gasteiger partial charge in [0.05, 0.1) is 4.90 Å². The Kier molecular flexibility index (Phi) is 7.23. The third-order valence-corrected chi connectivity index (χ3v) is 4.89. The van der Waals surface area contributed by atoms with E-state index in [9.17, 15) is 13.2 Å². The Balaban J connectivity index is 2.58. The minimum atomic E-state index is -3.53. The second kappa shape index (κ2) is 8.48. The molecule has 0 aliphatic heterocycles. The van der Waals surface area contributed by atoms with Crippen LogP contribution < -0.4 is 14.8 Å². The van der Waals surface area contributed by atoms with E-state index in [1.54, 1.807) is 12.1 Å². The van der Waals surface area contributed by atoms with Gasteiger partial charge in [0.2, 0.25) is 10.0 Å². The Bertz CT molecular complexity index is 634. The molecule has 0 bridgehead atoms. The highest BCUT2D eigenvalue weighted by Gasteiger charge is 2.16. The summed E-state index contributed by atoms with van der Waals surface area (Å²) in [5.74, 6) is 0.239. The molecule has 6 nitrogen and oxygen atoms in total. The van der Waals surface area contributed by atoms with E-state index in [0.29, 0.717) is 18.7 Å². The van der Waals surface area contributed by atoms with Gasteiger partial charge in [-0.25, -0.2) is 13.1 Å². The molecule has 0 unspecified atom stereocenters. The monoisotopic (exact) mass is 356 g/mol. The maximum atomic E-state index is 12.1. The fraction of sp³-hybridized carbons (Fsp3) is 0.588. The van der Waals surface area contributed by atoms with Gasteiger partial charge in [-0.3, -0.25) is 4.79 Å². The molecule has 0 radical (unpaired) electrons. The summed E-state index contributed by atoms with van der Waals surface area (Å²) in [4.78, 5) is 11.9. The van der Waals surface area contributed by atoms with E-state index < -0.39 is 10.0 Å². The van der Waals surface area contributed by atoms with Crippen LogP contribution in [0.5, 0.6) is 5.75 Å². The number of carbonyl (C=O) groups excluding carboxylic acids is 1. The number of hydrogen-bond donors (Lipinski definition) is 2. The van der Waals surface area contributed by atoms with Gasteiger partial charge in [-0.1, -0.05) is 27.7 Å². The second-order valence-corrected chi connectivity index (χ2v) is 8.74. The van der Waals surface area contributed by atoms with Crippen molar-refractivity contribution in [2.75, 3.05) is 13.2 Å². The second-order valence-electron chi connectivity index (χ2n) is 7.03. The quantitative estimate of drug-likeness (QED) is 0.748. The van der Waals surface area contributed by atoms with Gasteiger partial charge in [0, 0.05) is 12.6 Å². The lowest BCUT2D eigenvalue weighted by Crippen LogP contribution is -2.35. The molecule has 7 heteroatoms. The normalized spacial score (nSPS) is 13.4. The molecule has 1 aromatic rings. The Morgan fingerprint density at radius 1 is 1.21 bits per heavy atom. The first-order chi connectivity index (χ1) is 11.0. The molecule has 0 fully saturated rings. The van der Waals surface area contributed by atoms with E-state index in [0.717, 1.165) is 0 Å². The molecule has 0 spiro atoms. The Morgan fingerprint density at radius 3 is 2.29 bits per heavy atom. The Morgan fingerprint density at radius 2 is 1.79 bits per heavy atom. The first-order valence-electron chi connectivity index (χ1n) is 8.05. The topological polar surface area (TPSA) is 84.5 Å². The molecule has 0 saturated heterocycles. The predicted octanol–water partition coefficient (Wildman–Crippen LogP) is 2.30. The fourth-order valence-electron chi connectivity index (χ4n) is 1.69. The number of rotatable bonds is 8. The first-order valence-corrected chi connectivity index (χ1v) is 9.54. The number of sulfonamides is 1. The van der Waals surface area contributed by atoms with Gasteiger partial charge in [0.1, 0.15) is 5.75 Å². The molecule has 1 aromatic carbocycles. The summed E-state index contributed by atoms with van der Waals surface area (Å²) < 4.78 is 32.2. The van der Waals surface area contributed by atoms with Crippen LogP contribution in [-0.2, 0) is 14.8 Å². The van der Waals surface area contributed by atoms with Crippen LogP contribution in [0.4, 0.5) is 0 Å². The zero-order valence-electron chi connectivity index (χ0n) is 15.0. The average Bonchev–Trinajstić information content (AvgIpc) is 2.50. The average molecular weight is 356 g/mol. The van der Waals surface area contributed by atoms with E-state index in [4.69, 9.17) is 4.74 Å². The molecular weight excluding hydrogens is 328 g/mol. The van der Waals surface area contributed by atoms with E-state index in [1.807, 2.05) is 34.6 Å². The van der Waals surface area contributed by atoms with Gasteiger partial charge in [-0.05, 0) is 43.0 Å². The number of benzene rings is 1. The van der Waals surface area contributed by atoms with Gasteiger partial charge in [-0.2, -0.15) is 0 Å². The van der Waals surface area contributed by atoms with E-state index in [2.05, 4.69) is 10.0 Å². The number of carbonyl (C=O) groups is 1. The molecule has 2 N–H and O–H groups in total. The standard InChI is InChI=1S/C17H28N2O4S/c1-6-13(2)19-24(21,22)15-9-7-14(8-10-15)23-11-16(20)18-12-17(3,4)5/h7-10,13,19H,6,11-12H2,1-5H3,(H,18,20)/t13-/m1/s1. The lowest BCUT2D eigenvalue weighted by molar-refractivity contribution is -0.123. The summed E-state index contributed by atoms with van der Waals surface area (Å²) in [6, 6.07) is 5.89. The highest BCUT2D eigenvalue weighted by Crippen LogP contribution is 2.16. The van der Waals surface area contributed by atoms with Crippen LogP contribution in [0.15, 0.2) is 29.2 Å². The fourth-order valence-corrected chi connectivity index (χ4v) is 3.02. The van der Waals surface area contributed by atoms with E-state index in [-0.39, 0.29) is 28.9 Å². The molecule has 136 valence electrons. The van der Waals surface area contributed by atoms with E-state index in [1.165, 1.54) is 12.1 Å². The molecular formula is C17H28N2O4S. The maximum absolute atomic E-state index is 12.1. The molecule has 1 atom stereocenters. The molecule has 0 aliphatic rings. The third-order valence-electron chi connectivity index (χ3n) is 3.29. The highest BCUT2D eigenvalue weighted by atomic mass is 32.2. The zero-order valence-corrected chi connectivity index (χ0v) is 15.9. The van der Waals surface area contributed by atoms with Crippen LogP contribution in [0, 0.1) is 5.41 Å². The third kappa shape index (κ3) is 7.31. The van der Waals surface area contributed by atoms with Crippen molar-refractivity contribution in [2.45, 2.75) is 52.0 Å². The van der Waals surface area contributed by atoms with Crippen molar-refractivity contribution in [3.63, 3.8) is 0 Å². The van der Waals surface area contributed by atoms with Gasteiger partial charge in [0.15, 0.2) is 6.61 Å². The lowest BCUT2D eigenvalue weighted by Gasteiger charge is -2.18. The van der Waals surface area contributed by atoms with Crippen LogP contribution in [0.25, 0.3) is 0 Å². The van der Waals surface area contributed by atoms with Crippen LogP contribution in [0.1, 0.15) is 41.0 Å². The summed E-state index contributed by atoms with van der Waals surface area (Å²) in [5, 5.41) is 2.79. The van der Waals surface area contributed by atoms with Gasteiger partial charge in [-0.15, -0.1) is 0 Å². The van der Waals surface area contributed by atoms with Gasteiger partial charge in [0.25, 0.3) is 5.91 Å². The van der Waals surface area contributed by atoms with Crippen molar-refractivity contribution >= 4 is 15.9 Å². The lowest BCUT2D eigenvalue weighted by atomic mass is 9.97. The Labute approximate surface area is 145 Å². The van der Waals surface area contributed by atoms with Crippen molar-refractivity contribution in [1.82, 2.24) is 10.0 Å². The molecule has 0 saturated carbocycles. The van der Waals surface area contributed by atoms with Crippen LogP contribution in [0.2, 0.25) is 0 Å². The molecule has 0 heterocycles. The van der Waals surface area contributed by atoms with Crippen molar-refractivity contribution in [2.24, 2.45) is 5.41 Å². The predicted molar refractivity (Wildman–Crippen MR) is 94.5 cm³/mol. The SMILES string of the molecule is CC[C@@H](C)NS(=O)(=O)c1ccc(OCC(=O)NCC(C)(C)C)cc1. The minimum Gasteiger partial charge on any atom is -0.484 e. The van der Waals surface area contributed by atoms with Gasteiger partial charge < -0.3 is 10.1 Å². The van der Waals surface area contributed by atoms with Gasteiger partial charge >= 0.3 is 0 Å². The largest absolute Gasteiger partial charge is 0.484 e. The zero-order chi connectivity index (χ0) is 18.4. The summed E-state index contributed by atoms with van der Waals surface area (Å²) in [6.45, 7) is 10.3. The molecule has 1 rings (SSSR count). The number of hydrogen-bond acceptors (Lipinski definition) is 4. The molecule has 0 aromatic heterocycles. The summed E-state index contributed by atoms with van der Waals surface area (Å²) in [6.07, 6.45) is 0.712. The van der Waals surface area contributed by atoms with Crippen LogP contribution in [0.3, 0.4) is 0 Å². The maximum Gasteiger partial charge on any atom is 0.257 e. The van der Waals surface area contributed by atoms with Crippen molar-refractivity contribution < 1.29 is 17.9 Å². The minimum absolute atomic E-state index is 0.00823. The van der Waals surface area contributed by atoms with Crippen LogP contribution >= 0.6 is 0 Å². The smallest absolute Gasteiger partial charge is 0.257 e. The summed E-state index contributed by atoms with van der Waals surface area (Å²) in [7, 11) is -3.53. The number of ether oxygens (including phenoxy) is 1. The summed E-state index contributed by atoms with van der Waals surface area (Å²) in [5.41, 5.74) is 0.00823. The molecule has 24 heavy (non-hydrogen) atoms. The van der Waals surface area contributed by atoms with E-state index >= 15 is 0 Å². The van der Waals surface area contributed by atoms with Crippen molar-refractivity contribution in [3.8, 4) is 5.75 Å². The summed E-state index contributed by atoms with van der Waals surface area (Å²) >= 11 is 0. The van der Waals surface area contributed by atoms with Crippen molar-refractivity contribution in [1.29, 1.82) is 0 Å². The first kappa shape index (κ1) is 20.4. The van der Waals surface area contributed by atoms with Crippen LogP contribution in [-0.4, -0.2) is 33.5 Å². The number of amides is 1. The Hall–Kier alpha value is -1.60. The highest BCUT2D eigenvalue weighted by molar-refractivity contribution is 7.89. The molecule has 0 aliphatic carbocycles. The number of nitrogens with one attached hydrogen (secondary N) is 2. The molecule has 1 amide bonds.